The highest BCUT2D eigenvalue weighted by molar-refractivity contribution is 6.43. The lowest BCUT2D eigenvalue weighted by Crippen LogP contribution is -2.56. The number of benzene rings is 5. The van der Waals surface area contributed by atoms with Crippen LogP contribution in [0.3, 0.4) is 0 Å². The molecule has 0 unspecified atom stereocenters. The molecule has 7 rings (SSSR count). The van der Waals surface area contributed by atoms with Gasteiger partial charge < -0.3 is 64.2 Å². The number of nitrogens with two attached hydrogens (primary N) is 2. The van der Waals surface area contributed by atoms with Crippen molar-refractivity contribution in [3.05, 3.63) is 70.8 Å². The van der Waals surface area contributed by atoms with Gasteiger partial charge >= 0.3 is 11.9 Å². The SMILES string of the molecule is C[C@H](NC(=O)[C@H](C)NC(=O)[C@H](C)NC(=O)[C@@H](N)CCC(=O)O)C(=O)NCC(=O)N1C(=O)c2ccc3c4ccc5c6c(ccc(c7ccc(c2c37)C1=O)c64)C(=O)N(C(=O)CNC(=O)[C@H](C)NC(=O)[C@H](C)NC(=O)[C@H](C)NC(=O)[C@@H](N)CCC(=O)O)C5=O. The number of carbonyl (C=O) groups excluding carboxylic acids is 14. The summed E-state index contributed by atoms with van der Waals surface area (Å²) in [5, 5.41) is 39.5. The molecule has 0 aromatic heterocycles. The Morgan fingerprint density at radius 3 is 0.849 bits per heavy atom. The summed E-state index contributed by atoms with van der Waals surface area (Å²) in [6.07, 6.45) is -1.13. The van der Waals surface area contributed by atoms with Gasteiger partial charge in [-0.3, -0.25) is 76.7 Å². The normalized spacial score (nSPS) is 15.6. The molecule has 0 saturated heterocycles. The van der Waals surface area contributed by atoms with E-state index in [2.05, 4.69) is 42.5 Å². The van der Waals surface area contributed by atoms with Crippen LogP contribution < -0.4 is 54.0 Å². The number of carboxylic acid groups (broad SMARTS) is 2. The second kappa shape index (κ2) is 25.6. The Bertz CT molecular complexity index is 3430. The lowest BCUT2D eigenvalue weighted by Gasteiger charge is -2.29. The lowest BCUT2D eigenvalue weighted by molar-refractivity contribution is -0.138. The third-order valence-electron chi connectivity index (χ3n) is 14.5. The molecule has 30 heteroatoms. The van der Waals surface area contributed by atoms with E-state index in [1.54, 1.807) is 24.3 Å². The van der Waals surface area contributed by atoms with Crippen LogP contribution in [-0.4, -0.2) is 176 Å². The van der Waals surface area contributed by atoms with Crippen molar-refractivity contribution in [2.75, 3.05) is 13.1 Å². The zero-order valence-corrected chi connectivity index (χ0v) is 47.0. The molecule has 0 bridgehead atoms. The maximum Gasteiger partial charge on any atom is 0.303 e. The van der Waals surface area contributed by atoms with Gasteiger partial charge in [-0.25, -0.2) is 9.80 Å². The number of nitrogens with zero attached hydrogens (tertiary/aromatic N) is 2. The fourth-order valence-corrected chi connectivity index (χ4v) is 9.72. The standard InChI is InChI=1S/C56H60N12O18/c1-21(61-47(77)23(3)63-49(79)25(5)65-51(81)35(57)15-17-39(71)72)45(75)59-19-37(69)67-53(83)31-11-7-27-29-9-13-33-44-34(14-10-30(42(29)44)28-8-12-32(54(67)84)43(31)41(27)28)56(86)68(55(33)85)38(70)20-60-46(76)22(2)62-48(78)24(4)64-50(80)26(6)66-52(82)36(58)16-18-40(73)74/h7-14,21-26,35-36H,15-20,57-58H2,1-6H3,(H,59,75)(H,60,76)(H,61,77)(H,62,78)(H,63,79)(H,64,80)(H,65,81)(H,66,82)(H,71,72)(H,73,74)/t21-,22-,23-,24-,25-,26-,35-,36-/m0/s1. The first-order chi connectivity index (χ1) is 40.4. The summed E-state index contributed by atoms with van der Waals surface area (Å²) < 4.78 is 0. The smallest absolute Gasteiger partial charge is 0.303 e. The first-order valence-electron chi connectivity index (χ1n) is 26.8. The summed E-state index contributed by atoms with van der Waals surface area (Å²) in [7, 11) is 0. The van der Waals surface area contributed by atoms with E-state index in [0.29, 0.717) is 42.1 Å². The topological polar surface area (TPSA) is 468 Å². The van der Waals surface area contributed by atoms with Crippen molar-refractivity contribution >= 4 is 138 Å². The molecular weight excluding hydrogens is 1130 g/mol. The van der Waals surface area contributed by atoms with Crippen LogP contribution >= 0.6 is 0 Å². The summed E-state index contributed by atoms with van der Waals surface area (Å²) in [6, 6.07) is 1.95. The van der Waals surface area contributed by atoms with Crippen LogP contribution in [0.5, 0.6) is 0 Å². The molecule has 30 nitrogen and oxygen atoms in total. The highest BCUT2D eigenvalue weighted by atomic mass is 16.4. The van der Waals surface area contributed by atoms with E-state index in [1.807, 2.05) is 0 Å². The number of hydrogen-bond donors (Lipinski definition) is 12. The molecule has 14 N–H and O–H groups in total. The monoisotopic (exact) mass is 1190 g/mol. The molecule has 452 valence electrons. The number of imide groups is 6. The van der Waals surface area contributed by atoms with Gasteiger partial charge in [-0.15, -0.1) is 0 Å². The molecule has 0 radical (unpaired) electrons. The minimum atomic E-state index is -1.32. The Labute approximate surface area is 486 Å². The van der Waals surface area contributed by atoms with E-state index in [9.17, 15) is 76.7 Å². The Morgan fingerprint density at radius 1 is 0.372 bits per heavy atom. The second-order valence-corrected chi connectivity index (χ2v) is 20.7. The molecule has 5 aromatic rings. The lowest BCUT2D eigenvalue weighted by atomic mass is 9.82. The first-order valence-corrected chi connectivity index (χ1v) is 26.8. The van der Waals surface area contributed by atoms with E-state index in [1.165, 1.54) is 65.8 Å². The van der Waals surface area contributed by atoms with E-state index >= 15 is 0 Å². The third kappa shape index (κ3) is 12.9. The fraction of sp³-hybridized carbons (Fsp3) is 0.357. The highest BCUT2D eigenvalue weighted by Gasteiger charge is 2.41. The van der Waals surface area contributed by atoms with Gasteiger partial charge in [0.05, 0.1) is 25.2 Å². The van der Waals surface area contributed by atoms with E-state index < -0.39 is 156 Å². The van der Waals surface area contributed by atoms with Gasteiger partial charge in [0.15, 0.2) is 0 Å². The number of carboxylic acids is 2. The van der Waals surface area contributed by atoms with Gasteiger partial charge in [0.2, 0.25) is 47.3 Å². The van der Waals surface area contributed by atoms with Crippen LogP contribution in [-0.2, 0) is 57.5 Å². The maximum absolute atomic E-state index is 14.1. The number of carbonyl (C=O) groups is 16. The number of rotatable bonds is 24. The predicted octanol–water partition coefficient (Wildman–Crippen LogP) is -2.37. The minimum Gasteiger partial charge on any atom is -0.481 e. The zero-order valence-electron chi connectivity index (χ0n) is 47.0. The average molecular weight is 1190 g/mol. The minimum absolute atomic E-state index is 0.0451. The Hall–Kier alpha value is -10.4. The van der Waals surface area contributed by atoms with Crippen LogP contribution in [0, 0.1) is 0 Å². The number of aliphatic carboxylic acids is 2. The summed E-state index contributed by atoms with van der Waals surface area (Å²) in [4.78, 5) is 208. The summed E-state index contributed by atoms with van der Waals surface area (Å²) in [6.45, 7) is 5.97. The quantitative estimate of drug-likeness (QED) is 0.0174. The second-order valence-electron chi connectivity index (χ2n) is 20.7. The molecule has 2 heterocycles. The largest absolute Gasteiger partial charge is 0.481 e. The van der Waals surface area contributed by atoms with Gasteiger partial charge in [0.25, 0.3) is 35.4 Å². The van der Waals surface area contributed by atoms with Crippen LogP contribution in [0.1, 0.15) is 109 Å². The Balaban J connectivity index is 0.976. The first kappa shape index (κ1) is 63.2. The van der Waals surface area contributed by atoms with Crippen molar-refractivity contribution < 1.29 is 86.9 Å². The van der Waals surface area contributed by atoms with Crippen molar-refractivity contribution in [3.63, 3.8) is 0 Å². The van der Waals surface area contributed by atoms with E-state index in [0.717, 1.165) is 0 Å². The van der Waals surface area contributed by atoms with Crippen LogP contribution in [0.4, 0.5) is 0 Å². The number of fused-ring (bicyclic) bond motifs is 2. The van der Waals surface area contributed by atoms with E-state index in [-0.39, 0.29) is 58.7 Å². The van der Waals surface area contributed by atoms with Crippen LogP contribution in [0.2, 0.25) is 0 Å². The van der Waals surface area contributed by atoms with Gasteiger partial charge in [0.1, 0.15) is 36.3 Å². The van der Waals surface area contributed by atoms with Crippen molar-refractivity contribution in [1.29, 1.82) is 0 Å². The number of nitrogens with one attached hydrogen (secondary N) is 8. The van der Waals surface area contributed by atoms with Gasteiger partial charge in [0, 0.05) is 45.9 Å². The molecule has 0 fully saturated rings. The van der Waals surface area contributed by atoms with Crippen LogP contribution in [0.15, 0.2) is 48.5 Å². The molecular formula is C56H60N12O18. The third-order valence-corrected chi connectivity index (χ3v) is 14.5. The van der Waals surface area contributed by atoms with E-state index in [4.69, 9.17) is 21.7 Å². The van der Waals surface area contributed by atoms with Gasteiger partial charge in [-0.1, -0.05) is 24.3 Å². The van der Waals surface area contributed by atoms with Crippen molar-refractivity contribution in [2.24, 2.45) is 11.5 Å². The van der Waals surface area contributed by atoms with Crippen molar-refractivity contribution in [1.82, 2.24) is 52.3 Å². The Morgan fingerprint density at radius 2 is 0.605 bits per heavy atom. The van der Waals surface area contributed by atoms with Crippen LogP contribution in [0.25, 0.3) is 43.1 Å². The fourth-order valence-electron chi connectivity index (χ4n) is 9.72. The molecule has 86 heavy (non-hydrogen) atoms. The van der Waals surface area contributed by atoms with Gasteiger partial charge in [-0.05, 0) is 111 Å². The summed E-state index contributed by atoms with van der Waals surface area (Å²) >= 11 is 0. The molecule has 8 atom stereocenters. The number of amides is 14. The Kier molecular flexibility index (Phi) is 18.9. The summed E-state index contributed by atoms with van der Waals surface area (Å²) in [5.41, 5.74) is 11.2. The maximum atomic E-state index is 14.1. The van der Waals surface area contributed by atoms with Gasteiger partial charge in [-0.2, -0.15) is 0 Å². The van der Waals surface area contributed by atoms with Crippen molar-refractivity contribution in [3.8, 4) is 0 Å². The van der Waals surface area contributed by atoms with Crippen molar-refractivity contribution in [2.45, 2.75) is 116 Å². The molecule has 2 aliphatic heterocycles. The molecule has 14 amide bonds. The molecule has 0 aliphatic carbocycles. The highest BCUT2D eigenvalue weighted by Crippen LogP contribution is 2.46. The molecule has 5 aromatic carbocycles. The molecule has 0 saturated carbocycles. The molecule has 2 aliphatic rings. The summed E-state index contributed by atoms with van der Waals surface area (Å²) in [5.74, 6) is -15.3. The zero-order chi connectivity index (χ0) is 63.5. The number of hydrogen-bond acceptors (Lipinski definition) is 18. The average Bonchev–Trinajstić information content (AvgIpc) is 0.700. The predicted molar refractivity (Wildman–Crippen MR) is 300 cm³/mol. The molecule has 0 spiro atoms.